The number of rotatable bonds is 2. The van der Waals surface area contributed by atoms with Crippen LogP contribution in [0.3, 0.4) is 0 Å². The summed E-state index contributed by atoms with van der Waals surface area (Å²) in [6.45, 7) is 0. The topological polar surface area (TPSA) is 162 Å². The highest BCUT2D eigenvalue weighted by atomic mass is 16.4. The number of carboxylic acids is 4. The molecule has 0 unspecified atom stereocenters. The van der Waals surface area contributed by atoms with Crippen LogP contribution in [0.1, 0.15) is 20.8 Å². The van der Waals surface area contributed by atoms with Gasteiger partial charge in [0.1, 0.15) is 0 Å². The normalized spacial score (nSPS) is 8.67. The van der Waals surface area contributed by atoms with E-state index >= 15 is 0 Å². The Bertz CT molecular complexity index is 450. The van der Waals surface area contributed by atoms with Crippen molar-refractivity contribution < 1.29 is 39.6 Å². The molecule has 1 heterocycles. The van der Waals surface area contributed by atoms with Gasteiger partial charge in [-0.15, -0.1) is 0 Å². The van der Waals surface area contributed by atoms with Gasteiger partial charge in [-0.2, -0.15) is 0 Å². The van der Waals surface area contributed by atoms with Crippen LogP contribution in [-0.4, -0.2) is 49.3 Å². The molecule has 0 bridgehead atoms. The fourth-order valence-electron chi connectivity index (χ4n) is 0.748. The molecule has 0 aliphatic carbocycles. The minimum absolute atomic E-state index is 0.301. The smallest absolute Gasteiger partial charge is 0.414 e. The molecular weight excluding hydrogens is 250 g/mol. The lowest BCUT2D eigenvalue weighted by Gasteiger charge is -1.97. The fourth-order valence-corrected chi connectivity index (χ4v) is 0.748. The Kier molecular flexibility index (Phi) is 5.49. The Morgan fingerprint density at radius 2 is 1.39 bits per heavy atom. The maximum Gasteiger partial charge on any atom is 0.414 e. The van der Waals surface area contributed by atoms with Crippen LogP contribution in [0.5, 0.6) is 0 Å². The van der Waals surface area contributed by atoms with Crippen LogP contribution in [0.2, 0.25) is 0 Å². The van der Waals surface area contributed by atoms with E-state index in [0.29, 0.717) is 0 Å². The second-order valence-corrected chi connectivity index (χ2v) is 2.62. The van der Waals surface area contributed by atoms with Crippen molar-refractivity contribution in [1.29, 1.82) is 0 Å². The van der Waals surface area contributed by atoms with Crippen molar-refractivity contribution in [2.75, 3.05) is 0 Å². The summed E-state index contributed by atoms with van der Waals surface area (Å²) in [6, 6.07) is 2.56. The molecule has 1 aromatic heterocycles. The molecule has 9 heteroatoms. The number of aromatic nitrogens is 1. The van der Waals surface area contributed by atoms with Crippen molar-refractivity contribution in [3.05, 3.63) is 29.6 Å². The second-order valence-electron chi connectivity index (χ2n) is 2.62. The van der Waals surface area contributed by atoms with Gasteiger partial charge in [-0.25, -0.2) is 24.2 Å². The summed E-state index contributed by atoms with van der Waals surface area (Å²) in [5.41, 5.74) is -0.741. The van der Waals surface area contributed by atoms with Crippen molar-refractivity contribution in [3.8, 4) is 0 Å². The van der Waals surface area contributed by atoms with E-state index in [1.165, 1.54) is 18.3 Å². The number of hydrogen-bond acceptors (Lipinski definition) is 5. The molecule has 0 amide bonds. The van der Waals surface area contributed by atoms with Crippen molar-refractivity contribution in [2.45, 2.75) is 0 Å². The van der Waals surface area contributed by atoms with Gasteiger partial charge in [-0.1, -0.05) is 0 Å². The van der Waals surface area contributed by atoms with Crippen molar-refractivity contribution >= 4 is 23.9 Å². The van der Waals surface area contributed by atoms with Crippen molar-refractivity contribution in [1.82, 2.24) is 4.98 Å². The number of nitrogens with zero attached hydrogens (tertiary/aromatic N) is 1. The zero-order chi connectivity index (χ0) is 14.3. The highest BCUT2D eigenvalue weighted by molar-refractivity contribution is 6.27. The Morgan fingerprint density at radius 3 is 1.67 bits per heavy atom. The Balaban J connectivity index is 0.000000411. The molecule has 96 valence electrons. The van der Waals surface area contributed by atoms with E-state index in [1.54, 1.807) is 0 Å². The molecule has 0 aromatic carbocycles. The predicted octanol–water partition coefficient (Wildman–Crippen LogP) is -0.366. The van der Waals surface area contributed by atoms with Crippen molar-refractivity contribution in [2.24, 2.45) is 0 Å². The molecule has 0 atom stereocenters. The molecule has 18 heavy (non-hydrogen) atoms. The molecule has 0 aliphatic heterocycles. The molecule has 0 radical (unpaired) electrons. The molecule has 0 saturated heterocycles. The molecule has 0 saturated carbocycles. The standard InChI is InChI=1S/C7H5NO4.C2H2O4/c9-6(10)4-2-1-3-8-5(4)7(11)12;3-1(4)2(5)6/h1-3H,(H,9,10)(H,11,12);(H,3,4)(H,5,6). The van der Waals surface area contributed by atoms with Crippen molar-refractivity contribution in [3.63, 3.8) is 0 Å². The van der Waals surface area contributed by atoms with Gasteiger partial charge in [-0.3, -0.25) is 0 Å². The highest BCUT2D eigenvalue weighted by Crippen LogP contribution is 2.04. The summed E-state index contributed by atoms with van der Waals surface area (Å²) >= 11 is 0. The number of carboxylic acid groups (broad SMARTS) is 4. The van der Waals surface area contributed by atoms with Crippen LogP contribution >= 0.6 is 0 Å². The predicted molar refractivity (Wildman–Crippen MR) is 53.4 cm³/mol. The van der Waals surface area contributed by atoms with Gasteiger partial charge < -0.3 is 20.4 Å². The Hall–Kier alpha value is -2.97. The lowest BCUT2D eigenvalue weighted by molar-refractivity contribution is -0.159. The number of carbonyl (C=O) groups is 4. The first-order valence-corrected chi connectivity index (χ1v) is 4.15. The third kappa shape index (κ3) is 4.70. The van der Waals surface area contributed by atoms with Gasteiger partial charge in [0.15, 0.2) is 5.69 Å². The monoisotopic (exact) mass is 257 g/mol. The van der Waals surface area contributed by atoms with E-state index in [4.69, 9.17) is 30.0 Å². The number of pyridine rings is 1. The average Bonchev–Trinajstić information content (AvgIpc) is 2.29. The highest BCUT2D eigenvalue weighted by Gasteiger charge is 2.15. The summed E-state index contributed by atoms with van der Waals surface area (Å²) in [4.78, 5) is 42.4. The summed E-state index contributed by atoms with van der Waals surface area (Å²) < 4.78 is 0. The minimum Gasteiger partial charge on any atom is -0.478 e. The van der Waals surface area contributed by atoms with E-state index in [0.717, 1.165) is 0 Å². The molecule has 9 nitrogen and oxygen atoms in total. The number of hydrogen-bond donors (Lipinski definition) is 4. The maximum absolute atomic E-state index is 10.4. The van der Waals surface area contributed by atoms with Gasteiger partial charge in [0.25, 0.3) is 0 Å². The first-order valence-electron chi connectivity index (χ1n) is 4.15. The van der Waals surface area contributed by atoms with Gasteiger partial charge in [0.05, 0.1) is 5.56 Å². The summed E-state index contributed by atoms with van der Waals surface area (Å²) in [5, 5.41) is 31.8. The lowest BCUT2D eigenvalue weighted by atomic mass is 10.2. The van der Waals surface area contributed by atoms with E-state index in [2.05, 4.69) is 4.98 Å². The number of aliphatic carboxylic acids is 2. The molecule has 0 fully saturated rings. The van der Waals surface area contributed by atoms with Crippen LogP contribution in [0.4, 0.5) is 0 Å². The molecule has 0 spiro atoms. The summed E-state index contributed by atoms with van der Waals surface area (Å²) in [6.07, 6.45) is 1.23. The first-order chi connectivity index (χ1) is 8.27. The largest absolute Gasteiger partial charge is 0.478 e. The van der Waals surface area contributed by atoms with Crippen LogP contribution < -0.4 is 0 Å². The van der Waals surface area contributed by atoms with Crippen LogP contribution in [0.25, 0.3) is 0 Å². The van der Waals surface area contributed by atoms with E-state index in [-0.39, 0.29) is 5.56 Å². The first kappa shape index (κ1) is 15.0. The third-order valence-electron chi connectivity index (χ3n) is 1.42. The summed E-state index contributed by atoms with van der Waals surface area (Å²) in [5.74, 6) is -6.28. The zero-order valence-electron chi connectivity index (χ0n) is 8.60. The van der Waals surface area contributed by atoms with E-state index in [1.807, 2.05) is 0 Å². The third-order valence-corrected chi connectivity index (χ3v) is 1.42. The molecule has 4 N–H and O–H groups in total. The van der Waals surface area contributed by atoms with Crippen LogP contribution in [-0.2, 0) is 9.59 Å². The maximum atomic E-state index is 10.4. The zero-order valence-corrected chi connectivity index (χ0v) is 8.60. The van der Waals surface area contributed by atoms with Gasteiger partial charge in [0.2, 0.25) is 0 Å². The lowest BCUT2D eigenvalue weighted by Crippen LogP contribution is -2.09. The molecular formula is C9H7NO8. The Labute approximate surface area is 98.9 Å². The second kappa shape index (κ2) is 6.58. The minimum atomic E-state index is -1.82. The molecule has 1 aromatic rings. The van der Waals surface area contributed by atoms with E-state index < -0.39 is 29.6 Å². The number of aromatic carboxylic acids is 2. The molecule has 0 aliphatic rings. The van der Waals surface area contributed by atoms with Crippen LogP contribution in [0.15, 0.2) is 18.3 Å². The quantitative estimate of drug-likeness (QED) is 0.517. The van der Waals surface area contributed by atoms with Gasteiger partial charge >= 0.3 is 23.9 Å². The molecule has 1 rings (SSSR count). The fraction of sp³-hybridized carbons (Fsp3) is 0. The van der Waals surface area contributed by atoms with Gasteiger partial charge in [0, 0.05) is 6.20 Å². The SMILES string of the molecule is O=C(O)C(=O)O.O=C(O)c1cccnc1C(=O)O. The van der Waals surface area contributed by atoms with Gasteiger partial charge in [-0.05, 0) is 12.1 Å². The average molecular weight is 257 g/mol. The Morgan fingerprint density at radius 1 is 0.889 bits per heavy atom. The summed E-state index contributed by atoms with van der Waals surface area (Å²) in [7, 11) is 0. The van der Waals surface area contributed by atoms with Crippen LogP contribution in [0, 0.1) is 0 Å². The van der Waals surface area contributed by atoms with E-state index in [9.17, 15) is 9.59 Å².